The van der Waals surface area contributed by atoms with E-state index in [2.05, 4.69) is 5.16 Å². The maximum Gasteiger partial charge on any atom is 0.342 e. The largest absolute Gasteiger partial charge is 0.425 e. The lowest BCUT2D eigenvalue weighted by Gasteiger charge is -2.27. The second-order valence-corrected chi connectivity index (χ2v) is 5.60. The topological polar surface area (TPSA) is 128 Å². The second kappa shape index (κ2) is 6.23. The standard InChI is InChI=1S/C15H11N5O2S/c1-9(2)20-22-15(12-4-3-5-23-12)13(10(6-16)7-17)11(8-18)14(19)21-15/h3-5H,19H2,1-2H3. The molecule has 1 aliphatic heterocycles. The van der Waals surface area contributed by atoms with Crippen molar-refractivity contribution >= 4 is 17.0 Å². The van der Waals surface area contributed by atoms with Gasteiger partial charge in [-0.3, -0.25) is 0 Å². The third-order valence-electron chi connectivity index (χ3n) is 2.87. The van der Waals surface area contributed by atoms with Crippen molar-refractivity contribution in [1.82, 2.24) is 0 Å². The van der Waals surface area contributed by atoms with Gasteiger partial charge in [0, 0.05) is 0 Å². The Kier molecular flexibility index (Phi) is 4.36. The Morgan fingerprint density at radius 2 is 2.04 bits per heavy atom. The molecule has 1 aliphatic rings. The number of oxime groups is 1. The van der Waals surface area contributed by atoms with Crippen molar-refractivity contribution in [3.63, 3.8) is 0 Å². The van der Waals surface area contributed by atoms with Gasteiger partial charge in [0.25, 0.3) is 0 Å². The zero-order valence-electron chi connectivity index (χ0n) is 12.3. The van der Waals surface area contributed by atoms with Gasteiger partial charge in [0.15, 0.2) is 0 Å². The molecule has 2 N–H and O–H groups in total. The van der Waals surface area contributed by atoms with Gasteiger partial charge < -0.3 is 15.3 Å². The highest BCUT2D eigenvalue weighted by Crippen LogP contribution is 2.48. The molecule has 1 aromatic rings. The molecule has 2 rings (SSSR count). The molecule has 0 fully saturated rings. The lowest BCUT2D eigenvalue weighted by molar-refractivity contribution is -0.184. The fourth-order valence-corrected chi connectivity index (χ4v) is 2.78. The zero-order chi connectivity index (χ0) is 17.0. The van der Waals surface area contributed by atoms with E-state index in [-0.39, 0.29) is 22.6 Å². The highest BCUT2D eigenvalue weighted by molar-refractivity contribution is 7.10. The highest BCUT2D eigenvalue weighted by atomic mass is 32.1. The third-order valence-corrected chi connectivity index (χ3v) is 3.82. The monoisotopic (exact) mass is 325 g/mol. The fourth-order valence-electron chi connectivity index (χ4n) is 1.99. The molecule has 23 heavy (non-hydrogen) atoms. The molecule has 1 unspecified atom stereocenters. The van der Waals surface area contributed by atoms with E-state index in [9.17, 15) is 15.8 Å². The van der Waals surface area contributed by atoms with Crippen LogP contribution in [0.25, 0.3) is 0 Å². The molecule has 0 saturated carbocycles. The summed E-state index contributed by atoms with van der Waals surface area (Å²) < 4.78 is 5.60. The van der Waals surface area contributed by atoms with Crippen molar-refractivity contribution in [1.29, 1.82) is 15.8 Å². The first kappa shape index (κ1) is 16.1. The van der Waals surface area contributed by atoms with Crippen LogP contribution in [0.15, 0.2) is 45.3 Å². The molecule has 0 aliphatic carbocycles. The molecule has 0 radical (unpaired) electrons. The van der Waals surface area contributed by atoms with Crippen LogP contribution >= 0.6 is 11.3 Å². The number of nitrogens with zero attached hydrogens (tertiary/aromatic N) is 4. The Morgan fingerprint density at radius 3 is 2.52 bits per heavy atom. The molecule has 8 heteroatoms. The van der Waals surface area contributed by atoms with E-state index in [1.807, 2.05) is 6.07 Å². The Balaban J connectivity index is 2.80. The van der Waals surface area contributed by atoms with Gasteiger partial charge in [0.2, 0.25) is 5.88 Å². The van der Waals surface area contributed by atoms with Gasteiger partial charge in [0.1, 0.15) is 29.4 Å². The molecule has 0 amide bonds. The van der Waals surface area contributed by atoms with Crippen molar-refractivity contribution in [2.75, 3.05) is 0 Å². The summed E-state index contributed by atoms with van der Waals surface area (Å²) in [7, 11) is 0. The number of nitriles is 3. The van der Waals surface area contributed by atoms with Gasteiger partial charge in [0.05, 0.1) is 16.2 Å². The predicted molar refractivity (Wildman–Crippen MR) is 82.0 cm³/mol. The minimum Gasteiger partial charge on any atom is -0.425 e. The van der Waals surface area contributed by atoms with Gasteiger partial charge in [-0.2, -0.15) is 15.8 Å². The Morgan fingerprint density at radius 1 is 1.35 bits per heavy atom. The lowest BCUT2D eigenvalue weighted by Crippen LogP contribution is -2.31. The number of nitrogens with two attached hydrogens (primary N) is 1. The van der Waals surface area contributed by atoms with E-state index in [1.54, 1.807) is 43.5 Å². The van der Waals surface area contributed by atoms with Crippen LogP contribution in [-0.2, 0) is 15.4 Å². The van der Waals surface area contributed by atoms with Crippen LogP contribution in [0.5, 0.6) is 0 Å². The van der Waals surface area contributed by atoms with Crippen LogP contribution < -0.4 is 5.73 Å². The summed E-state index contributed by atoms with van der Waals surface area (Å²) in [6, 6.07) is 8.81. The molecule has 0 saturated heterocycles. The first-order valence-corrected chi connectivity index (χ1v) is 7.25. The van der Waals surface area contributed by atoms with E-state index in [1.165, 1.54) is 11.3 Å². The lowest BCUT2D eigenvalue weighted by atomic mass is 9.94. The predicted octanol–water partition coefficient (Wildman–Crippen LogP) is 2.38. The summed E-state index contributed by atoms with van der Waals surface area (Å²) in [4.78, 5) is 6.05. The molecule has 7 nitrogen and oxygen atoms in total. The van der Waals surface area contributed by atoms with Crippen LogP contribution in [0.1, 0.15) is 18.7 Å². The smallest absolute Gasteiger partial charge is 0.342 e. The molecular weight excluding hydrogens is 314 g/mol. The summed E-state index contributed by atoms with van der Waals surface area (Å²) in [6.07, 6.45) is 0. The van der Waals surface area contributed by atoms with Crippen LogP contribution in [0.2, 0.25) is 0 Å². The Hall–Kier alpha value is -3.28. The summed E-state index contributed by atoms with van der Waals surface area (Å²) in [6.45, 7) is 3.41. The maximum absolute atomic E-state index is 9.35. The van der Waals surface area contributed by atoms with E-state index in [0.29, 0.717) is 10.6 Å². The summed E-state index contributed by atoms with van der Waals surface area (Å²) in [5.41, 5.74) is 5.90. The minimum atomic E-state index is -1.72. The average Bonchev–Trinajstić information content (AvgIpc) is 3.14. The Labute approximate surface area is 136 Å². The molecule has 0 aromatic carbocycles. The number of thiophene rings is 1. The zero-order valence-corrected chi connectivity index (χ0v) is 13.1. The van der Waals surface area contributed by atoms with E-state index >= 15 is 0 Å². The van der Waals surface area contributed by atoms with Crippen molar-refractivity contribution in [3.05, 3.63) is 45.0 Å². The van der Waals surface area contributed by atoms with E-state index in [4.69, 9.17) is 15.3 Å². The minimum absolute atomic E-state index is 0.0325. The van der Waals surface area contributed by atoms with Gasteiger partial charge in [-0.25, -0.2) is 0 Å². The molecular formula is C15H11N5O2S. The molecule has 1 atom stereocenters. The maximum atomic E-state index is 9.35. The second-order valence-electron chi connectivity index (χ2n) is 4.65. The molecule has 0 spiro atoms. The van der Waals surface area contributed by atoms with Gasteiger partial charge in [-0.15, -0.1) is 11.3 Å². The summed E-state index contributed by atoms with van der Waals surface area (Å²) in [5.74, 6) is -1.94. The first-order chi connectivity index (χ1) is 11.0. The van der Waals surface area contributed by atoms with Crippen LogP contribution in [0.3, 0.4) is 0 Å². The van der Waals surface area contributed by atoms with Crippen LogP contribution in [0, 0.1) is 34.0 Å². The van der Waals surface area contributed by atoms with Crippen LogP contribution in [-0.4, -0.2) is 5.71 Å². The molecule has 114 valence electrons. The molecule has 2 heterocycles. The van der Waals surface area contributed by atoms with E-state index < -0.39 is 5.79 Å². The third kappa shape index (κ3) is 2.62. The number of hydrogen-bond acceptors (Lipinski definition) is 8. The van der Waals surface area contributed by atoms with Gasteiger partial charge in [-0.1, -0.05) is 11.2 Å². The summed E-state index contributed by atoms with van der Waals surface area (Å²) in [5, 5.41) is 33.5. The first-order valence-electron chi connectivity index (χ1n) is 6.37. The average molecular weight is 325 g/mol. The summed E-state index contributed by atoms with van der Waals surface area (Å²) >= 11 is 1.26. The van der Waals surface area contributed by atoms with Gasteiger partial charge >= 0.3 is 5.79 Å². The van der Waals surface area contributed by atoms with Crippen molar-refractivity contribution in [2.24, 2.45) is 10.9 Å². The number of ether oxygens (including phenoxy) is 1. The van der Waals surface area contributed by atoms with Crippen molar-refractivity contribution in [3.8, 4) is 18.2 Å². The SMILES string of the molecule is CC(C)=NOC1(c2cccs2)OC(N)=C(C#N)C1=C(C#N)C#N. The Bertz CT molecular complexity index is 826. The number of allylic oxidation sites excluding steroid dienone is 1. The van der Waals surface area contributed by atoms with E-state index in [0.717, 1.165) is 0 Å². The number of rotatable bonds is 3. The van der Waals surface area contributed by atoms with Crippen molar-refractivity contribution < 1.29 is 9.57 Å². The molecule has 1 aromatic heterocycles. The quantitative estimate of drug-likeness (QED) is 0.516. The highest BCUT2D eigenvalue weighted by Gasteiger charge is 2.53. The fraction of sp³-hybridized carbons (Fsp3) is 0.200. The molecule has 0 bridgehead atoms. The normalized spacial score (nSPS) is 19.2. The van der Waals surface area contributed by atoms with Crippen LogP contribution in [0.4, 0.5) is 0 Å². The van der Waals surface area contributed by atoms with Gasteiger partial charge in [-0.05, 0) is 25.3 Å². The van der Waals surface area contributed by atoms with Crippen molar-refractivity contribution in [2.45, 2.75) is 19.6 Å². The number of hydrogen-bond donors (Lipinski definition) is 1.